The van der Waals surface area contributed by atoms with Crippen LogP contribution in [0.4, 0.5) is 80.1 Å². The van der Waals surface area contributed by atoms with Crippen LogP contribution in [0.3, 0.4) is 0 Å². The van der Waals surface area contributed by atoms with Crippen LogP contribution in [0.2, 0.25) is 5.28 Å². The van der Waals surface area contributed by atoms with Crippen LogP contribution in [0.15, 0.2) is 170 Å². The number of nitrogens with two attached hydrogens (primary N) is 2. The van der Waals surface area contributed by atoms with Crippen molar-refractivity contribution in [3.8, 4) is 11.5 Å². The maximum absolute atomic E-state index is 12.8. The Kier molecular flexibility index (Phi) is 15.5. The number of hydrogen-bond acceptors (Lipinski definition) is 26. The number of rotatable bonds is 17. The first-order valence-electron chi connectivity index (χ1n) is 21.4. The van der Waals surface area contributed by atoms with E-state index in [2.05, 4.69) is 61.6 Å². The molecular formula is C43H33ClN14O17S5. The van der Waals surface area contributed by atoms with Gasteiger partial charge < -0.3 is 37.6 Å². The number of azo groups is 3. The van der Waals surface area contributed by atoms with Gasteiger partial charge in [-0.2, -0.15) is 67.3 Å². The molecule has 0 spiro atoms. The minimum absolute atomic E-state index is 0.0609. The van der Waals surface area contributed by atoms with Crippen molar-refractivity contribution >= 4 is 153 Å². The van der Waals surface area contributed by atoms with Gasteiger partial charge in [0.2, 0.25) is 17.2 Å². The summed E-state index contributed by atoms with van der Waals surface area (Å²) in [5, 5.41) is 50.6. The fourth-order valence-electron chi connectivity index (χ4n) is 7.06. The monoisotopic (exact) mass is 1210 g/mol. The number of benzene rings is 7. The Morgan fingerprint density at radius 3 is 1.61 bits per heavy atom. The molecule has 0 radical (unpaired) electrons. The molecule has 14 N–H and O–H groups in total. The van der Waals surface area contributed by atoms with Crippen LogP contribution >= 0.6 is 11.6 Å². The van der Waals surface area contributed by atoms with Gasteiger partial charge in [0.05, 0.1) is 38.7 Å². The van der Waals surface area contributed by atoms with Gasteiger partial charge in [0.15, 0.2) is 5.75 Å². The van der Waals surface area contributed by atoms with Crippen LogP contribution in [-0.4, -0.2) is 90.0 Å². The van der Waals surface area contributed by atoms with Gasteiger partial charge in [0, 0.05) is 23.1 Å². The Bertz CT molecular complexity index is 4560. The van der Waals surface area contributed by atoms with Gasteiger partial charge >= 0.3 is 0 Å². The number of phenols is 2. The smallest absolute Gasteiger partial charge is 0.296 e. The quantitative estimate of drug-likeness (QED) is 0.0230. The lowest BCUT2D eigenvalue weighted by atomic mass is 10.1. The molecule has 1 aromatic heterocycles. The molecule has 7 aromatic carbocycles. The molecule has 37 heteroatoms. The van der Waals surface area contributed by atoms with Crippen molar-refractivity contribution in [3.63, 3.8) is 0 Å². The third-order valence-corrected chi connectivity index (χ3v) is 15.1. The summed E-state index contributed by atoms with van der Waals surface area (Å²) in [4.78, 5) is 7.12. The molecule has 0 unspecified atom stereocenters. The minimum atomic E-state index is -5.52. The van der Waals surface area contributed by atoms with E-state index in [9.17, 15) is 75.1 Å². The number of aromatic hydroxyl groups is 2. The van der Waals surface area contributed by atoms with Crippen molar-refractivity contribution in [2.24, 2.45) is 30.7 Å². The average molecular weight is 1210 g/mol. The van der Waals surface area contributed by atoms with Crippen molar-refractivity contribution in [3.05, 3.63) is 121 Å². The first kappa shape index (κ1) is 57.2. The second-order valence-corrected chi connectivity index (χ2v) is 23.4. The van der Waals surface area contributed by atoms with Crippen LogP contribution in [-0.2, 0) is 50.6 Å². The fourth-order valence-corrected chi connectivity index (χ4v) is 10.3. The summed E-state index contributed by atoms with van der Waals surface area (Å²) in [6, 6.07) is 21.6. The van der Waals surface area contributed by atoms with E-state index in [4.69, 9.17) is 23.1 Å². The zero-order valence-electron chi connectivity index (χ0n) is 39.3. The molecule has 31 nitrogen and oxygen atoms in total. The van der Waals surface area contributed by atoms with Crippen LogP contribution in [0.25, 0.3) is 10.8 Å². The molecule has 0 aliphatic heterocycles. The molecule has 0 saturated heterocycles. The molecule has 0 amide bonds. The van der Waals surface area contributed by atoms with Gasteiger partial charge in [-0.3, -0.25) is 22.8 Å². The van der Waals surface area contributed by atoms with Crippen molar-refractivity contribution < 1.29 is 75.1 Å². The van der Waals surface area contributed by atoms with E-state index >= 15 is 0 Å². The molecule has 8 rings (SSSR count). The molecule has 0 saturated carbocycles. The Morgan fingerprint density at radius 2 is 1.01 bits per heavy atom. The first-order chi connectivity index (χ1) is 37.3. The van der Waals surface area contributed by atoms with E-state index in [0.29, 0.717) is 17.8 Å². The molecule has 0 bridgehead atoms. The van der Waals surface area contributed by atoms with Crippen LogP contribution < -0.4 is 27.4 Å². The first-order valence-corrected chi connectivity index (χ1v) is 28.9. The Labute approximate surface area is 455 Å². The molecule has 80 heavy (non-hydrogen) atoms. The van der Waals surface area contributed by atoms with Crippen molar-refractivity contribution in [2.75, 3.05) is 27.4 Å². The molecule has 0 fully saturated rings. The topological polar surface area (TPSA) is 513 Å². The number of nitrogen functional groups attached to an aromatic ring is 2. The van der Waals surface area contributed by atoms with E-state index in [-0.39, 0.29) is 51.8 Å². The fraction of sp³-hybridized carbons (Fsp3) is 0. The molecule has 0 aliphatic carbocycles. The number of hydrogen-bond donors (Lipinski definition) is 12. The minimum Gasteiger partial charge on any atom is -0.508 e. The Morgan fingerprint density at radius 1 is 0.463 bits per heavy atom. The SMILES string of the molecule is Nc1cc(O)ccc1N=Nc1ccc(Nc2ccc(N=Nc3c(S(=O)(=O)O)cc4cc(S(=O)(=O)O)c(N=Nc5cc(Nc6nc(Cl)nc(Nc7cccc(S(=O)(=O)O)c7)n6)ccc5S(=O)(=O)O)c(O)c4c3N)cc2S(=O)(=O)O)cc1. The van der Waals surface area contributed by atoms with Gasteiger partial charge in [-0.1, -0.05) is 6.07 Å². The lowest BCUT2D eigenvalue weighted by molar-refractivity contribution is 0.472. The molecular weight excluding hydrogens is 1180 g/mol. The lowest BCUT2D eigenvalue weighted by Crippen LogP contribution is -2.05. The summed E-state index contributed by atoms with van der Waals surface area (Å²) < 4.78 is 175. The number of fused-ring (bicyclic) bond motifs is 1. The maximum Gasteiger partial charge on any atom is 0.296 e. The predicted octanol–water partition coefficient (Wildman–Crippen LogP) is 8.96. The zero-order valence-corrected chi connectivity index (χ0v) is 44.1. The zero-order chi connectivity index (χ0) is 58.3. The third-order valence-electron chi connectivity index (χ3n) is 10.6. The highest BCUT2D eigenvalue weighted by Crippen LogP contribution is 2.49. The predicted molar refractivity (Wildman–Crippen MR) is 285 cm³/mol. The number of nitrogens with zero attached hydrogens (tertiary/aromatic N) is 9. The summed E-state index contributed by atoms with van der Waals surface area (Å²) >= 11 is 6.08. The standard InChI is InChI=1S/C43H33ClN14O17S5/c44-41-50-42(48-23-2-1-3-27(16-23)76(61,62)63)52-43(51-41)49-24-9-13-32(77(64,65)66)31(17-24)56-58-39-35(80(73,74)75)15-20-14-34(79(70,71)72)38(37(46)36(20)40(39)60)57-54-25-8-11-30(33(18-25)78(67,68)69)47-21-4-6-22(7-5-21)53-55-29-12-10-26(59)19-28(29)45/h1-19,47,59-60H,45-46H2,(H,61,62,63)(H,64,65,66)(H,67,68,69)(H,70,71,72)(H,73,74,75)(H2,48,49,50,51,52). The normalized spacial score (nSPS) is 12.7. The summed E-state index contributed by atoms with van der Waals surface area (Å²) in [6.45, 7) is 0. The number of aromatic nitrogens is 3. The van der Waals surface area contributed by atoms with Crippen molar-refractivity contribution in [1.82, 2.24) is 15.0 Å². The Hall–Kier alpha value is -8.95. The molecule has 0 aliphatic rings. The van der Waals surface area contributed by atoms with Gasteiger partial charge in [-0.15, -0.1) is 20.5 Å². The van der Waals surface area contributed by atoms with E-state index in [1.54, 1.807) is 0 Å². The average Bonchev–Trinajstić information content (AvgIpc) is 3.47. The highest BCUT2D eigenvalue weighted by Gasteiger charge is 2.29. The van der Waals surface area contributed by atoms with Crippen LogP contribution in [0.5, 0.6) is 11.5 Å². The number of nitrogens with one attached hydrogen (secondary N) is 3. The van der Waals surface area contributed by atoms with Gasteiger partial charge in [0.25, 0.3) is 50.6 Å². The van der Waals surface area contributed by atoms with Gasteiger partial charge in [-0.25, -0.2) is 0 Å². The van der Waals surface area contributed by atoms with Gasteiger partial charge in [-0.05, 0) is 120 Å². The van der Waals surface area contributed by atoms with Gasteiger partial charge in [0.1, 0.15) is 48.1 Å². The number of halogens is 1. The van der Waals surface area contributed by atoms with E-state index < -0.39 is 125 Å². The Balaban J connectivity index is 1.14. The van der Waals surface area contributed by atoms with Crippen LogP contribution in [0, 0.1) is 0 Å². The van der Waals surface area contributed by atoms with Crippen molar-refractivity contribution in [1.29, 1.82) is 0 Å². The second-order valence-electron chi connectivity index (χ2n) is 16.1. The van der Waals surface area contributed by atoms with Crippen molar-refractivity contribution in [2.45, 2.75) is 24.5 Å². The highest BCUT2D eigenvalue weighted by atomic mass is 35.5. The molecule has 414 valence electrons. The molecule has 1 heterocycles. The summed E-state index contributed by atoms with van der Waals surface area (Å²) in [6.07, 6.45) is 0. The lowest BCUT2D eigenvalue weighted by Gasteiger charge is -2.14. The summed E-state index contributed by atoms with van der Waals surface area (Å²) in [7, 11) is -25.8. The number of phenolic OH excluding ortho intramolecular Hbond substituents is 2. The highest BCUT2D eigenvalue weighted by molar-refractivity contribution is 7.87. The van der Waals surface area contributed by atoms with E-state index in [0.717, 1.165) is 48.5 Å². The van der Waals surface area contributed by atoms with E-state index in [1.807, 2.05) is 0 Å². The molecule has 0 atom stereocenters. The summed E-state index contributed by atoms with van der Waals surface area (Å²) in [5.74, 6) is -2.03. The maximum atomic E-state index is 12.8. The third kappa shape index (κ3) is 13.3. The number of anilines is 8. The largest absolute Gasteiger partial charge is 0.508 e. The van der Waals surface area contributed by atoms with Crippen LogP contribution in [0.1, 0.15) is 0 Å². The van der Waals surface area contributed by atoms with E-state index in [1.165, 1.54) is 54.6 Å². The molecule has 8 aromatic rings. The second kappa shape index (κ2) is 21.7. The summed E-state index contributed by atoms with van der Waals surface area (Å²) in [5.41, 5.74) is 8.64.